The molecule has 0 bridgehead atoms. The molecule has 144 valence electrons. The zero-order valence-corrected chi connectivity index (χ0v) is 15.8. The highest BCUT2D eigenvalue weighted by molar-refractivity contribution is 5.65. The van der Waals surface area contributed by atoms with Gasteiger partial charge in [-0.1, -0.05) is 60.2 Å². The number of amides is 1. The van der Waals surface area contributed by atoms with Crippen molar-refractivity contribution in [2.45, 2.75) is 31.7 Å². The van der Waals surface area contributed by atoms with Crippen LogP contribution in [0.15, 0.2) is 54.6 Å². The maximum atomic E-state index is 11.4. The zero-order chi connectivity index (χ0) is 19.6. The summed E-state index contributed by atoms with van der Waals surface area (Å²) >= 11 is 0. The van der Waals surface area contributed by atoms with Crippen LogP contribution in [-0.4, -0.2) is 49.4 Å². The van der Waals surface area contributed by atoms with Gasteiger partial charge in [0.15, 0.2) is 5.82 Å². The fourth-order valence-corrected chi connectivity index (χ4v) is 3.95. The van der Waals surface area contributed by atoms with E-state index in [-0.39, 0.29) is 0 Å². The van der Waals surface area contributed by atoms with E-state index in [1.807, 2.05) is 30.3 Å². The van der Waals surface area contributed by atoms with E-state index in [0.29, 0.717) is 38.3 Å². The number of piperidine rings is 1. The van der Waals surface area contributed by atoms with Crippen LogP contribution in [0.4, 0.5) is 4.79 Å². The normalized spacial score (nSPS) is 16.1. The Balaban J connectivity index is 1.65. The van der Waals surface area contributed by atoms with Crippen molar-refractivity contribution in [1.82, 2.24) is 25.1 Å². The highest BCUT2D eigenvalue weighted by Crippen LogP contribution is 2.39. The van der Waals surface area contributed by atoms with Crippen molar-refractivity contribution in [2.75, 3.05) is 13.1 Å². The predicted molar refractivity (Wildman–Crippen MR) is 104 cm³/mol. The SMILES string of the molecule is Cc1cccc(Cn2nnc(C3(c4ccccc4)CCN(C(=O)O)CC3)n2)c1. The standard InChI is InChI=1S/C21H23N5O2/c1-16-6-5-7-17(14-16)15-26-23-19(22-24-26)21(18-8-3-2-4-9-18)10-12-25(13-11-21)20(27)28/h2-9,14H,10-13,15H2,1H3,(H,27,28). The molecule has 28 heavy (non-hydrogen) atoms. The molecule has 7 heteroatoms. The lowest BCUT2D eigenvalue weighted by Gasteiger charge is -2.39. The lowest BCUT2D eigenvalue weighted by molar-refractivity contribution is 0.121. The maximum Gasteiger partial charge on any atom is 0.407 e. The number of aryl methyl sites for hydroxylation is 1. The molecule has 1 aliphatic heterocycles. The molecule has 1 aliphatic rings. The molecule has 0 atom stereocenters. The minimum Gasteiger partial charge on any atom is -0.465 e. The first-order valence-electron chi connectivity index (χ1n) is 9.44. The second kappa shape index (κ2) is 7.42. The summed E-state index contributed by atoms with van der Waals surface area (Å²) < 4.78 is 0. The highest BCUT2D eigenvalue weighted by atomic mass is 16.4. The fourth-order valence-electron chi connectivity index (χ4n) is 3.95. The third-order valence-electron chi connectivity index (χ3n) is 5.50. The molecule has 2 aromatic carbocycles. The van der Waals surface area contributed by atoms with Crippen LogP contribution in [0.1, 0.15) is 35.4 Å². The van der Waals surface area contributed by atoms with Crippen LogP contribution in [0, 0.1) is 6.92 Å². The van der Waals surface area contributed by atoms with Gasteiger partial charge in [0.2, 0.25) is 0 Å². The van der Waals surface area contributed by atoms with Gasteiger partial charge in [0, 0.05) is 13.1 Å². The van der Waals surface area contributed by atoms with Gasteiger partial charge in [-0.15, -0.1) is 10.2 Å². The largest absolute Gasteiger partial charge is 0.465 e. The summed E-state index contributed by atoms with van der Waals surface area (Å²) in [6.45, 7) is 3.53. The monoisotopic (exact) mass is 377 g/mol. The summed E-state index contributed by atoms with van der Waals surface area (Å²) in [5.41, 5.74) is 3.01. The van der Waals surface area contributed by atoms with Crippen LogP contribution < -0.4 is 0 Å². The van der Waals surface area contributed by atoms with E-state index in [2.05, 4.69) is 41.5 Å². The Morgan fingerprint density at radius 2 is 1.86 bits per heavy atom. The minimum absolute atomic E-state index is 0.419. The number of rotatable bonds is 4. The average molecular weight is 377 g/mol. The van der Waals surface area contributed by atoms with E-state index >= 15 is 0 Å². The molecule has 1 aromatic heterocycles. The number of likely N-dealkylation sites (tertiary alicyclic amines) is 1. The Labute approximate surface area is 163 Å². The van der Waals surface area contributed by atoms with Crippen molar-refractivity contribution in [3.63, 3.8) is 0 Å². The Kier molecular flexibility index (Phi) is 4.81. The number of hydrogen-bond acceptors (Lipinski definition) is 4. The number of hydrogen-bond donors (Lipinski definition) is 1. The molecular formula is C21H23N5O2. The van der Waals surface area contributed by atoms with Gasteiger partial charge in [0.25, 0.3) is 0 Å². The highest BCUT2D eigenvalue weighted by Gasteiger charge is 2.42. The summed E-state index contributed by atoms with van der Waals surface area (Å²) in [5.74, 6) is 0.663. The van der Waals surface area contributed by atoms with Crippen molar-refractivity contribution >= 4 is 6.09 Å². The Bertz CT molecular complexity index is 962. The van der Waals surface area contributed by atoms with Crippen molar-refractivity contribution in [2.24, 2.45) is 0 Å². The molecule has 1 amide bonds. The van der Waals surface area contributed by atoms with Crippen LogP contribution >= 0.6 is 0 Å². The van der Waals surface area contributed by atoms with Gasteiger partial charge in [-0.05, 0) is 36.1 Å². The van der Waals surface area contributed by atoms with E-state index in [1.54, 1.807) is 4.80 Å². The molecule has 0 aliphatic carbocycles. The molecule has 0 spiro atoms. The summed E-state index contributed by atoms with van der Waals surface area (Å²) in [6, 6.07) is 18.4. The lowest BCUT2D eigenvalue weighted by atomic mass is 9.72. The summed E-state index contributed by atoms with van der Waals surface area (Å²) in [6.07, 6.45) is 0.400. The van der Waals surface area contributed by atoms with Crippen molar-refractivity contribution in [1.29, 1.82) is 0 Å². The van der Waals surface area contributed by atoms with E-state index in [1.165, 1.54) is 10.5 Å². The number of benzene rings is 2. The number of carbonyl (C=O) groups is 1. The third-order valence-corrected chi connectivity index (χ3v) is 5.50. The van der Waals surface area contributed by atoms with Crippen LogP contribution in [0.5, 0.6) is 0 Å². The number of nitrogens with zero attached hydrogens (tertiary/aromatic N) is 5. The van der Waals surface area contributed by atoms with Crippen LogP contribution in [0.3, 0.4) is 0 Å². The average Bonchev–Trinajstić information content (AvgIpc) is 3.17. The minimum atomic E-state index is -0.877. The van der Waals surface area contributed by atoms with E-state index in [0.717, 1.165) is 11.1 Å². The molecule has 0 unspecified atom stereocenters. The van der Waals surface area contributed by atoms with Crippen LogP contribution in [-0.2, 0) is 12.0 Å². The van der Waals surface area contributed by atoms with Gasteiger partial charge >= 0.3 is 6.09 Å². The van der Waals surface area contributed by atoms with Gasteiger partial charge < -0.3 is 10.0 Å². The molecule has 1 N–H and O–H groups in total. The van der Waals surface area contributed by atoms with Gasteiger partial charge in [-0.2, -0.15) is 4.80 Å². The second-order valence-electron chi connectivity index (χ2n) is 7.35. The first-order chi connectivity index (χ1) is 13.6. The molecular weight excluding hydrogens is 354 g/mol. The first-order valence-corrected chi connectivity index (χ1v) is 9.44. The molecule has 1 fully saturated rings. The molecule has 2 heterocycles. The Morgan fingerprint density at radius 1 is 1.11 bits per heavy atom. The lowest BCUT2D eigenvalue weighted by Crippen LogP contribution is -2.45. The maximum absolute atomic E-state index is 11.4. The number of tetrazole rings is 1. The summed E-state index contributed by atoms with van der Waals surface area (Å²) in [5, 5.41) is 22.7. The summed E-state index contributed by atoms with van der Waals surface area (Å²) in [7, 11) is 0. The van der Waals surface area contributed by atoms with E-state index < -0.39 is 11.5 Å². The zero-order valence-electron chi connectivity index (χ0n) is 15.8. The Morgan fingerprint density at radius 3 is 2.54 bits per heavy atom. The van der Waals surface area contributed by atoms with Gasteiger partial charge in [0.05, 0.1) is 12.0 Å². The topological polar surface area (TPSA) is 84.1 Å². The second-order valence-corrected chi connectivity index (χ2v) is 7.35. The van der Waals surface area contributed by atoms with Crippen LogP contribution in [0.25, 0.3) is 0 Å². The number of aromatic nitrogens is 4. The van der Waals surface area contributed by atoms with E-state index in [9.17, 15) is 9.90 Å². The smallest absolute Gasteiger partial charge is 0.407 e. The van der Waals surface area contributed by atoms with Crippen molar-refractivity contribution in [3.05, 3.63) is 77.1 Å². The third kappa shape index (κ3) is 3.47. The quantitative estimate of drug-likeness (QED) is 0.755. The van der Waals surface area contributed by atoms with Gasteiger partial charge in [-0.25, -0.2) is 4.79 Å². The molecule has 3 aromatic rings. The molecule has 4 rings (SSSR count). The van der Waals surface area contributed by atoms with E-state index in [4.69, 9.17) is 5.10 Å². The predicted octanol–water partition coefficient (Wildman–Crippen LogP) is 3.09. The van der Waals surface area contributed by atoms with Gasteiger partial charge in [0.1, 0.15) is 0 Å². The van der Waals surface area contributed by atoms with Gasteiger partial charge in [-0.3, -0.25) is 0 Å². The molecule has 1 saturated heterocycles. The fraction of sp³-hybridized carbons (Fsp3) is 0.333. The molecule has 7 nitrogen and oxygen atoms in total. The van der Waals surface area contributed by atoms with Crippen molar-refractivity contribution in [3.8, 4) is 0 Å². The Hall–Kier alpha value is -3.22. The van der Waals surface area contributed by atoms with Crippen molar-refractivity contribution < 1.29 is 9.90 Å². The van der Waals surface area contributed by atoms with Crippen LogP contribution in [0.2, 0.25) is 0 Å². The molecule has 0 saturated carbocycles. The molecule has 0 radical (unpaired) electrons. The first kappa shape index (κ1) is 18.2. The summed E-state index contributed by atoms with van der Waals surface area (Å²) in [4.78, 5) is 14.4. The number of carboxylic acid groups (broad SMARTS) is 1.